The number of esters is 1. The molecule has 1 amide bonds. The highest BCUT2D eigenvalue weighted by molar-refractivity contribution is 5.94. The maximum absolute atomic E-state index is 13.8. The number of benzene rings is 2. The molecule has 2 aromatic rings. The second-order valence-corrected chi connectivity index (χ2v) is 6.77. The minimum atomic E-state index is -0.603. The van der Waals surface area contributed by atoms with Crippen molar-refractivity contribution in [2.75, 3.05) is 5.32 Å². The summed E-state index contributed by atoms with van der Waals surface area (Å²) in [4.78, 5) is 23.7. The molecule has 2 rings (SSSR count). The Morgan fingerprint density at radius 3 is 2.38 bits per heavy atom. The zero-order valence-electron chi connectivity index (χ0n) is 15.5. The maximum atomic E-state index is 13.8. The Kier molecular flexibility index (Phi) is 6.14. The molecule has 5 heteroatoms. The van der Waals surface area contributed by atoms with Gasteiger partial charge in [0, 0.05) is 12.3 Å². The molecule has 0 aliphatic carbocycles. The van der Waals surface area contributed by atoms with Crippen LogP contribution in [0.3, 0.4) is 0 Å². The summed E-state index contributed by atoms with van der Waals surface area (Å²) >= 11 is 0. The summed E-state index contributed by atoms with van der Waals surface area (Å²) in [7, 11) is 0. The first-order valence-electron chi connectivity index (χ1n) is 8.59. The quantitative estimate of drug-likeness (QED) is 0.763. The van der Waals surface area contributed by atoms with Gasteiger partial charge in [-0.15, -0.1) is 0 Å². The third-order valence-electron chi connectivity index (χ3n) is 4.46. The fourth-order valence-electron chi connectivity index (χ4n) is 2.93. The zero-order valence-corrected chi connectivity index (χ0v) is 15.5. The highest BCUT2D eigenvalue weighted by Gasteiger charge is 2.33. The Morgan fingerprint density at radius 2 is 1.81 bits per heavy atom. The van der Waals surface area contributed by atoms with E-state index < -0.39 is 17.7 Å². The van der Waals surface area contributed by atoms with Gasteiger partial charge in [0.25, 0.3) is 0 Å². The van der Waals surface area contributed by atoms with Gasteiger partial charge in [0.05, 0.1) is 11.3 Å². The van der Waals surface area contributed by atoms with E-state index in [4.69, 9.17) is 4.74 Å². The number of halogens is 1. The molecular formula is C21H24FNO3. The van der Waals surface area contributed by atoms with Crippen LogP contribution >= 0.6 is 0 Å². The first kappa shape index (κ1) is 19.6. The summed E-state index contributed by atoms with van der Waals surface area (Å²) in [5, 5.41) is 2.37. The third kappa shape index (κ3) is 4.48. The second-order valence-electron chi connectivity index (χ2n) is 6.77. The van der Waals surface area contributed by atoms with Crippen LogP contribution in [0.25, 0.3) is 0 Å². The first-order valence-corrected chi connectivity index (χ1v) is 8.59. The van der Waals surface area contributed by atoms with Gasteiger partial charge in [0.1, 0.15) is 11.9 Å². The van der Waals surface area contributed by atoms with Crippen molar-refractivity contribution in [2.24, 2.45) is 0 Å². The van der Waals surface area contributed by atoms with Crippen molar-refractivity contribution in [3.63, 3.8) is 0 Å². The number of ether oxygens (including phenoxy) is 1. The van der Waals surface area contributed by atoms with E-state index in [9.17, 15) is 14.0 Å². The van der Waals surface area contributed by atoms with Crippen LogP contribution < -0.4 is 5.32 Å². The average molecular weight is 357 g/mol. The van der Waals surface area contributed by atoms with Gasteiger partial charge < -0.3 is 10.1 Å². The molecule has 0 saturated carbocycles. The van der Waals surface area contributed by atoms with Crippen LogP contribution in [0, 0.1) is 5.82 Å². The van der Waals surface area contributed by atoms with Gasteiger partial charge in [0.15, 0.2) is 0 Å². The number of amides is 1. The van der Waals surface area contributed by atoms with Gasteiger partial charge in [-0.1, -0.05) is 51.1 Å². The normalized spacial score (nSPS) is 12.3. The fraction of sp³-hybridized carbons (Fsp3) is 0.333. The predicted molar refractivity (Wildman–Crippen MR) is 99.7 cm³/mol. The molecule has 0 saturated heterocycles. The molecule has 0 aliphatic heterocycles. The molecule has 0 radical (unpaired) electrons. The summed E-state index contributed by atoms with van der Waals surface area (Å²) in [5.74, 6) is -1.56. The smallest absolute Gasteiger partial charge is 0.338 e. The van der Waals surface area contributed by atoms with Crippen molar-refractivity contribution in [3.8, 4) is 0 Å². The molecule has 0 heterocycles. The monoisotopic (exact) mass is 357 g/mol. The molecule has 0 aromatic heterocycles. The lowest BCUT2D eigenvalue weighted by Gasteiger charge is -2.34. The predicted octanol–water partition coefficient (Wildman–Crippen LogP) is 4.70. The van der Waals surface area contributed by atoms with Crippen LogP contribution in [0.5, 0.6) is 0 Å². The van der Waals surface area contributed by atoms with Crippen LogP contribution in [0.15, 0.2) is 48.5 Å². The van der Waals surface area contributed by atoms with Crippen LogP contribution in [0.4, 0.5) is 10.1 Å². The van der Waals surface area contributed by atoms with Crippen LogP contribution in [0.2, 0.25) is 0 Å². The van der Waals surface area contributed by atoms with Crippen LogP contribution in [-0.2, 0) is 14.9 Å². The number of rotatable bonds is 6. The van der Waals surface area contributed by atoms with E-state index in [1.807, 2.05) is 51.1 Å². The lowest BCUT2D eigenvalue weighted by atomic mass is 9.78. The number of hydrogen-bond acceptors (Lipinski definition) is 3. The van der Waals surface area contributed by atoms with Crippen molar-refractivity contribution in [2.45, 2.75) is 45.6 Å². The molecule has 138 valence electrons. The summed E-state index contributed by atoms with van der Waals surface area (Å²) in [6.07, 6.45) is 0.277. The summed E-state index contributed by atoms with van der Waals surface area (Å²) in [6.45, 7) is 7.28. The number of carbonyl (C=O) groups excluding carboxylic acids is 2. The Labute approximate surface area is 153 Å². The molecule has 0 bridgehead atoms. The molecule has 26 heavy (non-hydrogen) atoms. The standard InChI is InChI=1S/C21H24FNO3/c1-5-19(21(3,4)16-9-7-6-8-10-16)26-20(25)15-11-12-17(22)18(13-15)23-14(2)24/h6-13,19H,5H2,1-4H3,(H,23,24)/t19-/m1/s1. The van der Waals surface area contributed by atoms with E-state index in [0.717, 1.165) is 11.6 Å². The van der Waals surface area contributed by atoms with Gasteiger partial charge in [-0.05, 0) is 30.2 Å². The van der Waals surface area contributed by atoms with E-state index in [0.29, 0.717) is 6.42 Å². The molecule has 0 unspecified atom stereocenters. The zero-order chi connectivity index (χ0) is 19.3. The SMILES string of the molecule is CC[C@@H](OC(=O)c1ccc(F)c(NC(C)=O)c1)C(C)(C)c1ccccc1. The Bertz CT molecular complexity index is 787. The molecule has 4 nitrogen and oxygen atoms in total. The fourth-order valence-corrected chi connectivity index (χ4v) is 2.93. The minimum absolute atomic E-state index is 0.0395. The lowest BCUT2D eigenvalue weighted by molar-refractivity contribution is -0.114. The Morgan fingerprint density at radius 1 is 1.15 bits per heavy atom. The van der Waals surface area contributed by atoms with Crippen LogP contribution in [0.1, 0.15) is 50.0 Å². The van der Waals surface area contributed by atoms with Gasteiger partial charge in [0.2, 0.25) is 5.91 Å². The van der Waals surface area contributed by atoms with Gasteiger partial charge in [-0.2, -0.15) is 0 Å². The molecular weight excluding hydrogens is 333 g/mol. The van der Waals surface area contributed by atoms with Gasteiger partial charge >= 0.3 is 5.97 Å². The number of hydrogen-bond donors (Lipinski definition) is 1. The first-order chi connectivity index (χ1) is 12.3. The topological polar surface area (TPSA) is 55.4 Å². The highest BCUT2D eigenvalue weighted by atomic mass is 19.1. The van der Waals surface area contributed by atoms with Crippen molar-refractivity contribution >= 4 is 17.6 Å². The maximum Gasteiger partial charge on any atom is 0.338 e. The van der Waals surface area contributed by atoms with Crippen molar-refractivity contribution in [3.05, 3.63) is 65.5 Å². The number of carbonyl (C=O) groups is 2. The van der Waals surface area contributed by atoms with E-state index in [2.05, 4.69) is 5.32 Å². The molecule has 1 atom stereocenters. The van der Waals surface area contributed by atoms with Gasteiger partial charge in [-0.3, -0.25) is 4.79 Å². The van der Waals surface area contributed by atoms with Crippen molar-refractivity contribution < 1.29 is 18.7 Å². The Balaban J connectivity index is 2.23. The van der Waals surface area contributed by atoms with Crippen LogP contribution in [-0.4, -0.2) is 18.0 Å². The number of nitrogens with one attached hydrogen (secondary N) is 1. The molecule has 0 aliphatic rings. The second kappa shape index (κ2) is 8.13. The van der Waals surface area contributed by atoms with E-state index in [1.165, 1.54) is 19.1 Å². The average Bonchev–Trinajstić information content (AvgIpc) is 2.61. The molecule has 0 fully saturated rings. The highest BCUT2D eigenvalue weighted by Crippen LogP contribution is 2.31. The van der Waals surface area contributed by atoms with Gasteiger partial charge in [-0.25, -0.2) is 9.18 Å². The Hall–Kier alpha value is -2.69. The number of anilines is 1. The van der Waals surface area contributed by atoms with E-state index in [1.54, 1.807) is 0 Å². The van der Waals surface area contributed by atoms with Crippen molar-refractivity contribution in [1.82, 2.24) is 0 Å². The molecule has 2 aromatic carbocycles. The summed E-state index contributed by atoms with van der Waals surface area (Å²) in [5.41, 5.74) is 0.837. The lowest BCUT2D eigenvalue weighted by Crippen LogP contribution is -2.37. The van der Waals surface area contributed by atoms with E-state index >= 15 is 0 Å². The van der Waals surface area contributed by atoms with Crippen molar-refractivity contribution in [1.29, 1.82) is 0 Å². The third-order valence-corrected chi connectivity index (χ3v) is 4.46. The van der Waals surface area contributed by atoms with E-state index in [-0.39, 0.29) is 22.8 Å². The summed E-state index contributed by atoms with van der Waals surface area (Å²) in [6, 6.07) is 13.6. The largest absolute Gasteiger partial charge is 0.458 e. The molecule has 0 spiro atoms. The minimum Gasteiger partial charge on any atom is -0.458 e. The summed E-state index contributed by atoms with van der Waals surface area (Å²) < 4.78 is 19.5. The molecule has 1 N–H and O–H groups in total.